The van der Waals surface area contributed by atoms with Gasteiger partial charge < -0.3 is 4.74 Å². The zero-order valence-corrected chi connectivity index (χ0v) is 8.16. The monoisotopic (exact) mass is 197 g/mol. The molecule has 76 valence electrons. The molecule has 4 heteroatoms. The number of halogens is 1. The summed E-state index contributed by atoms with van der Waals surface area (Å²) >= 11 is 0. The minimum atomic E-state index is -0.375. The van der Waals surface area contributed by atoms with Crippen LogP contribution in [0.5, 0.6) is 0 Å². The highest BCUT2D eigenvalue weighted by molar-refractivity contribution is 5.72. The predicted octanol–water partition coefficient (Wildman–Crippen LogP) is 1.57. The maximum atomic E-state index is 12.5. The Morgan fingerprint density at radius 3 is 2.86 bits per heavy atom. The van der Waals surface area contributed by atoms with Crippen LogP contribution in [-0.2, 0) is 16.0 Å². The van der Waals surface area contributed by atoms with Crippen molar-refractivity contribution >= 4 is 5.97 Å². The van der Waals surface area contributed by atoms with Crippen LogP contribution in [0.1, 0.15) is 12.6 Å². The van der Waals surface area contributed by atoms with Gasteiger partial charge in [-0.25, -0.2) is 4.39 Å². The van der Waals surface area contributed by atoms with Crippen LogP contribution in [0, 0.1) is 11.7 Å². The first-order valence-corrected chi connectivity index (χ1v) is 4.31. The van der Waals surface area contributed by atoms with E-state index in [2.05, 4.69) is 9.72 Å². The molecule has 1 aromatic heterocycles. The molecule has 0 aliphatic rings. The number of aromatic nitrogens is 1. The molecular formula is C10H12FNO2. The molecule has 14 heavy (non-hydrogen) atoms. The normalized spacial score (nSPS) is 12.2. The lowest BCUT2D eigenvalue weighted by Gasteiger charge is -2.07. The number of hydrogen-bond acceptors (Lipinski definition) is 3. The summed E-state index contributed by atoms with van der Waals surface area (Å²) in [6.07, 6.45) is 1.60. The third-order valence-corrected chi connectivity index (χ3v) is 1.91. The number of esters is 1. The standard InChI is InChI=1S/C10H12FNO2/c1-7(10(13)14-2)5-9-4-3-8(11)6-12-9/h3-4,6-7H,5H2,1-2H3/t7-/m1/s1. The molecule has 0 bridgehead atoms. The van der Waals surface area contributed by atoms with Gasteiger partial charge in [0.2, 0.25) is 0 Å². The van der Waals surface area contributed by atoms with Gasteiger partial charge in [-0.05, 0) is 12.1 Å². The van der Waals surface area contributed by atoms with Crippen LogP contribution >= 0.6 is 0 Å². The lowest BCUT2D eigenvalue weighted by atomic mass is 10.1. The second kappa shape index (κ2) is 4.69. The van der Waals surface area contributed by atoms with E-state index in [1.165, 1.54) is 13.2 Å². The van der Waals surface area contributed by atoms with Crippen molar-refractivity contribution in [3.05, 3.63) is 29.8 Å². The van der Waals surface area contributed by atoms with E-state index < -0.39 is 0 Å². The topological polar surface area (TPSA) is 39.2 Å². The van der Waals surface area contributed by atoms with Crippen molar-refractivity contribution in [3.63, 3.8) is 0 Å². The van der Waals surface area contributed by atoms with Gasteiger partial charge in [0.25, 0.3) is 0 Å². The third-order valence-electron chi connectivity index (χ3n) is 1.91. The molecule has 0 aromatic carbocycles. The summed E-state index contributed by atoms with van der Waals surface area (Å²) < 4.78 is 17.1. The second-order valence-corrected chi connectivity index (χ2v) is 3.10. The lowest BCUT2D eigenvalue weighted by molar-refractivity contribution is -0.144. The van der Waals surface area contributed by atoms with Gasteiger partial charge in [-0.1, -0.05) is 6.92 Å². The number of hydrogen-bond donors (Lipinski definition) is 0. The van der Waals surface area contributed by atoms with Gasteiger partial charge in [-0.15, -0.1) is 0 Å². The Hall–Kier alpha value is -1.45. The Labute approximate surface area is 81.9 Å². The van der Waals surface area contributed by atoms with Crippen LogP contribution in [0.4, 0.5) is 4.39 Å². The number of ether oxygens (including phenoxy) is 1. The molecule has 0 fully saturated rings. The summed E-state index contributed by atoms with van der Waals surface area (Å²) in [6.45, 7) is 1.75. The number of carbonyl (C=O) groups excluding carboxylic acids is 1. The van der Waals surface area contributed by atoms with E-state index in [9.17, 15) is 9.18 Å². The third kappa shape index (κ3) is 2.80. The fourth-order valence-corrected chi connectivity index (χ4v) is 1.13. The maximum absolute atomic E-state index is 12.5. The quantitative estimate of drug-likeness (QED) is 0.690. The van der Waals surface area contributed by atoms with Crippen LogP contribution in [0.2, 0.25) is 0 Å². The summed E-state index contributed by atoms with van der Waals surface area (Å²) in [4.78, 5) is 14.9. The zero-order valence-electron chi connectivity index (χ0n) is 8.16. The van der Waals surface area contributed by atoms with Crippen molar-refractivity contribution in [3.8, 4) is 0 Å². The molecule has 0 unspecified atom stereocenters. The maximum Gasteiger partial charge on any atom is 0.308 e. The largest absolute Gasteiger partial charge is 0.469 e. The molecule has 0 amide bonds. The molecule has 0 saturated carbocycles. The summed E-state index contributed by atoms with van der Waals surface area (Å²) in [7, 11) is 1.34. The molecule has 1 rings (SSSR count). The van der Waals surface area contributed by atoms with Gasteiger partial charge in [-0.3, -0.25) is 9.78 Å². The van der Waals surface area contributed by atoms with Crippen molar-refractivity contribution in [2.45, 2.75) is 13.3 Å². The first-order chi connectivity index (χ1) is 6.63. The van der Waals surface area contributed by atoms with Crippen molar-refractivity contribution < 1.29 is 13.9 Å². The fraction of sp³-hybridized carbons (Fsp3) is 0.400. The van der Waals surface area contributed by atoms with Gasteiger partial charge in [0.05, 0.1) is 19.2 Å². The molecule has 0 N–H and O–H groups in total. The van der Waals surface area contributed by atoms with Gasteiger partial charge in [0.15, 0.2) is 0 Å². The van der Waals surface area contributed by atoms with Crippen LogP contribution in [0.3, 0.4) is 0 Å². The summed E-state index contributed by atoms with van der Waals surface area (Å²) in [5.41, 5.74) is 0.685. The van der Waals surface area contributed by atoms with Gasteiger partial charge in [-0.2, -0.15) is 0 Å². The smallest absolute Gasteiger partial charge is 0.308 e. The first kappa shape index (κ1) is 10.6. The van der Waals surface area contributed by atoms with E-state index in [0.717, 1.165) is 6.20 Å². The van der Waals surface area contributed by atoms with Crippen LogP contribution in [-0.4, -0.2) is 18.1 Å². The minimum Gasteiger partial charge on any atom is -0.469 e. The molecule has 0 aliphatic heterocycles. The lowest BCUT2D eigenvalue weighted by Crippen LogP contribution is -2.15. The Morgan fingerprint density at radius 1 is 1.64 bits per heavy atom. The average molecular weight is 197 g/mol. The van der Waals surface area contributed by atoms with Gasteiger partial charge in [0.1, 0.15) is 5.82 Å². The molecular weight excluding hydrogens is 185 g/mol. The van der Waals surface area contributed by atoms with Gasteiger partial charge >= 0.3 is 5.97 Å². The summed E-state index contributed by atoms with van der Waals surface area (Å²) in [5.74, 6) is -0.909. The van der Waals surface area contributed by atoms with Crippen molar-refractivity contribution in [2.75, 3.05) is 7.11 Å². The van der Waals surface area contributed by atoms with E-state index in [4.69, 9.17) is 0 Å². The van der Waals surface area contributed by atoms with E-state index in [-0.39, 0.29) is 17.7 Å². The molecule has 1 heterocycles. The Balaban J connectivity index is 2.60. The van der Waals surface area contributed by atoms with Gasteiger partial charge in [0, 0.05) is 12.1 Å². The van der Waals surface area contributed by atoms with E-state index in [0.29, 0.717) is 12.1 Å². The number of nitrogens with zero attached hydrogens (tertiary/aromatic N) is 1. The zero-order chi connectivity index (χ0) is 10.6. The second-order valence-electron chi connectivity index (χ2n) is 3.10. The molecule has 1 atom stereocenters. The molecule has 0 spiro atoms. The van der Waals surface area contributed by atoms with Crippen molar-refractivity contribution in [1.82, 2.24) is 4.98 Å². The highest BCUT2D eigenvalue weighted by Crippen LogP contribution is 2.07. The molecule has 0 saturated heterocycles. The molecule has 1 aromatic rings. The SMILES string of the molecule is COC(=O)[C@H](C)Cc1ccc(F)cn1. The molecule has 0 aliphatic carbocycles. The van der Waals surface area contributed by atoms with E-state index >= 15 is 0 Å². The average Bonchev–Trinajstić information content (AvgIpc) is 2.20. The van der Waals surface area contributed by atoms with E-state index in [1.807, 2.05) is 0 Å². The summed E-state index contributed by atoms with van der Waals surface area (Å²) in [5, 5.41) is 0. The number of methoxy groups -OCH3 is 1. The molecule has 0 radical (unpaired) electrons. The van der Waals surface area contributed by atoms with Crippen LogP contribution in [0.25, 0.3) is 0 Å². The Morgan fingerprint density at radius 2 is 2.36 bits per heavy atom. The minimum absolute atomic E-state index is 0.252. The van der Waals surface area contributed by atoms with Crippen LogP contribution in [0.15, 0.2) is 18.3 Å². The van der Waals surface area contributed by atoms with Crippen molar-refractivity contribution in [2.24, 2.45) is 5.92 Å². The first-order valence-electron chi connectivity index (χ1n) is 4.31. The highest BCUT2D eigenvalue weighted by Gasteiger charge is 2.14. The van der Waals surface area contributed by atoms with Crippen LogP contribution < -0.4 is 0 Å². The Bertz CT molecular complexity index is 310. The summed E-state index contributed by atoms with van der Waals surface area (Å²) in [6, 6.07) is 2.89. The number of rotatable bonds is 3. The highest BCUT2D eigenvalue weighted by atomic mass is 19.1. The number of carbonyl (C=O) groups is 1. The molecule has 3 nitrogen and oxygen atoms in total. The van der Waals surface area contributed by atoms with E-state index in [1.54, 1.807) is 13.0 Å². The fourth-order valence-electron chi connectivity index (χ4n) is 1.13. The predicted molar refractivity (Wildman–Crippen MR) is 49.1 cm³/mol. The van der Waals surface area contributed by atoms with Crippen molar-refractivity contribution in [1.29, 1.82) is 0 Å². The number of pyridine rings is 1. The Kier molecular flexibility index (Phi) is 3.56.